The van der Waals surface area contributed by atoms with E-state index in [2.05, 4.69) is 0 Å². The Labute approximate surface area is 182 Å². The van der Waals surface area contributed by atoms with Crippen molar-refractivity contribution in [1.29, 1.82) is 0 Å². The average Bonchev–Trinajstić information content (AvgIpc) is 2.80. The molecule has 0 spiro atoms. The fourth-order valence-corrected chi connectivity index (χ4v) is 3.93. The largest absolute Gasteiger partial charge is 0.269 e. The molecule has 0 amide bonds. The standard InChI is InChI=1S/C24H16N2O4S/c27-25(28)21-9-1-17(2-10-21)19-5-13-23(14-6-19)31-24-15-7-20(8-16-24)18-3-11-22(12-4-18)26(29)30/h1-16H. The summed E-state index contributed by atoms with van der Waals surface area (Å²) >= 11 is 1.63. The minimum Gasteiger partial charge on any atom is -0.258 e. The van der Waals surface area contributed by atoms with Crippen molar-refractivity contribution in [3.8, 4) is 22.3 Å². The first kappa shape index (κ1) is 20.3. The van der Waals surface area contributed by atoms with E-state index in [-0.39, 0.29) is 11.4 Å². The molecule has 4 aromatic carbocycles. The van der Waals surface area contributed by atoms with E-state index in [0.29, 0.717) is 0 Å². The van der Waals surface area contributed by atoms with Crippen LogP contribution in [-0.2, 0) is 0 Å². The van der Waals surface area contributed by atoms with Gasteiger partial charge in [-0.05, 0) is 70.8 Å². The average molecular weight is 428 g/mol. The van der Waals surface area contributed by atoms with Crippen molar-refractivity contribution in [3.05, 3.63) is 117 Å². The maximum absolute atomic E-state index is 10.8. The summed E-state index contributed by atoms with van der Waals surface area (Å²) in [6.45, 7) is 0. The van der Waals surface area contributed by atoms with Crippen LogP contribution in [0.1, 0.15) is 0 Å². The van der Waals surface area contributed by atoms with Crippen molar-refractivity contribution in [2.24, 2.45) is 0 Å². The van der Waals surface area contributed by atoms with Gasteiger partial charge in [-0.15, -0.1) is 0 Å². The maximum atomic E-state index is 10.8. The minimum absolute atomic E-state index is 0.0769. The molecule has 0 aromatic heterocycles. The van der Waals surface area contributed by atoms with Gasteiger partial charge in [0.2, 0.25) is 0 Å². The van der Waals surface area contributed by atoms with Crippen LogP contribution in [0.2, 0.25) is 0 Å². The third-order valence-corrected chi connectivity index (χ3v) is 5.78. The number of nitrogens with zero attached hydrogens (tertiary/aromatic N) is 2. The molecule has 6 nitrogen and oxygen atoms in total. The van der Waals surface area contributed by atoms with Crippen LogP contribution in [0.5, 0.6) is 0 Å². The summed E-state index contributed by atoms with van der Waals surface area (Å²) in [7, 11) is 0. The predicted molar refractivity (Wildman–Crippen MR) is 121 cm³/mol. The zero-order valence-electron chi connectivity index (χ0n) is 16.2. The van der Waals surface area contributed by atoms with E-state index in [1.165, 1.54) is 24.3 Å². The third-order valence-electron chi connectivity index (χ3n) is 4.77. The molecule has 0 saturated heterocycles. The van der Waals surface area contributed by atoms with Gasteiger partial charge in [0.1, 0.15) is 0 Å². The molecule has 4 rings (SSSR count). The highest BCUT2D eigenvalue weighted by molar-refractivity contribution is 7.99. The minimum atomic E-state index is -0.406. The van der Waals surface area contributed by atoms with Crippen LogP contribution >= 0.6 is 11.8 Å². The first-order chi connectivity index (χ1) is 15.0. The molecular weight excluding hydrogens is 412 g/mol. The topological polar surface area (TPSA) is 86.3 Å². The van der Waals surface area contributed by atoms with E-state index >= 15 is 0 Å². The van der Waals surface area contributed by atoms with Gasteiger partial charge in [-0.1, -0.05) is 36.0 Å². The number of benzene rings is 4. The Morgan fingerprint density at radius 3 is 0.968 bits per heavy atom. The lowest BCUT2D eigenvalue weighted by atomic mass is 10.1. The molecule has 0 heterocycles. The number of hydrogen-bond donors (Lipinski definition) is 0. The molecule has 0 N–H and O–H groups in total. The molecular formula is C24H16N2O4S. The highest BCUT2D eigenvalue weighted by Gasteiger charge is 2.07. The molecule has 7 heteroatoms. The SMILES string of the molecule is O=[N+]([O-])c1ccc(-c2ccc(Sc3ccc(-c4ccc([N+](=O)[O-])cc4)cc3)cc2)cc1. The van der Waals surface area contributed by atoms with E-state index in [1.807, 2.05) is 48.5 Å². The molecule has 4 aromatic rings. The highest BCUT2D eigenvalue weighted by atomic mass is 32.2. The summed E-state index contributed by atoms with van der Waals surface area (Å²) in [5, 5.41) is 21.6. The highest BCUT2D eigenvalue weighted by Crippen LogP contribution is 2.32. The van der Waals surface area contributed by atoms with Gasteiger partial charge in [0.25, 0.3) is 11.4 Å². The van der Waals surface area contributed by atoms with Crippen LogP contribution in [0.4, 0.5) is 11.4 Å². The van der Waals surface area contributed by atoms with Gasteiger partial charge in [-0.25, -0.2) is 0 Å². The van der Waals surface area contributed by atoms with Crippen molar-refractivity contribution in [2.45, 2.75) is 9.79 Å². The van der Waals surface area contributed by atoms with E-state index < -0.39 is 9.85 Å². The fourth-order valence-electron chi connectivity index (χ4n) is 3.12. The first-order valence-electron chi connectivity index (χ1n) is 9.37. The first-order valence-corrected chi connectivity index (χ1v) is 10.2. The van der Waals surface area contributed by atoms with Crippen LogP contribution in [0.3, 0.4) is 0 Å². The van der Waals surface area contributed by atoms with Gasteiger partial charge in [-0.3, -0.25) is 20.2 Å². The second-order valence-electron chi connectivity index (χ2n) is 6.76. The van der Waals surface area contributed by atoms with Crippen LogP contribution in [-0.4, -0.2) is 9.85 Å². The molecule has 0 aliphatic heterocycles. The number of rotatable bonds is 6. The second-order valence-corrected chi connectivity index (χ2v) is 7.91. The van der Waals surface area contributed by atoms with Crippen LogP contribution in [0.25, 0.3) is 22.3 Å². The third kappa shape index (κ3) is 4.79. The zero-order valence-corrected chi connectivity index (χ0v) is 17.0. The molecule has 0 radical (unpaired) electrons. The van der Waals surface area contributed by atoms with Crippen molar-refractivity contribution in [2.75, 3.05) is 0 Å². The summed E-state index contributed by atoms with van der Waals surface area (Å²) in [4.78, 5) is 22.9. The van der Waals surface area contributed by atoms with Gasteiger partial charge >= 0.3 is 0 Å². The van der Waals surface area contributed by atoms with Crippen molar-refractivity contribution in [3.63, 3.8) is 0 Å². The van der Waals surface area contributed by atoms with Crippen molar-refractivity contribution in [1.82, 2.24) is 0 Å². The smallest absolute Gasteiger partial charge is 0.258 e. The van der Waals surface area contributed by atoms with Gasteiger partial charge < -0.3 is 0 Å². The predicted octanol–water partition coefficient (Wildman–Crippen LogP) is 6.99. The summed E-state index contributed by atoms with van der Waals surface area (Å²) in [5.41, 5.74) is 3.99. The number of hydrogen-bond acceptors (Lipinski definition) is 5. The normalized spacial score (nSPS) is 10.6. The summed E-state index contributed by atoms with van der Waals surface area (Å²) in [6.07, 6.45) is 0. The van der Waals surface area contributed by atoms with Gasteiger partial charge in [0.15, 0.2) is 0 Å². The summed E-state index contributed by atoms with van der Waals surface area (Å²) in [5.74, 6) is 0. The Bertz CT molecular complexity index is 1120. The van der Waals surface area contributed by atoms with Gasteiger partial charge in [-0.2, -0.15) is 0 Å². The molecule has 0 saturated carbocycles. The molecule has 0 fully saturated rings. The quantitative estimate of drug-likeness (QED) is 0.244. The Hall–Kier alpha value is -3.97. The fraction of sp³-hybridized carbons (Fsp3) is 0. The molecule has 152 valence electrons. The van der Waals surface area contributed by atoms with Crippen LogP contribution in [0, 0.1) is 20.2 Å². The lowest BCUT2D eigenvalue weighted by Crippen LogP contribution is -1.87. The number of nitro groups is 2. The number of non-ortho nitro benzene ring substituents is 2. The molecule has 31 heavy (non-hydrogen) atoms. The lowest BCUT2D eigenvalue weighted by Gasteiger charge is -2.06. The Balaban J connectivity index is 1.44. The molecule has 0 unspecified atom stereocenters. The van der Waals surface area contributed by atoms with E-state index in [1.54, 1.807) is 36.0 Å². The Kier molecular flexibility index (Phi) is 5.77. The molecule has 0 aliphatic carbocycles. The molecule has 0 aliphatic rings. The van der Waals surface area contributed by atoms with E-state index in [4.69, 9.17) is 0 Å². The summed E-state index contributed by atoms with van der Waals surface area (Å²) in [6, 6.07) is 29.1. The Morgan fingerprint density at radius 2 is 0.710 bits per heavy atom. The number of nitro benzene ring substituents is 2. The zero-order chi connectivity index (χ0) is 21.8. The second kappa shape index (κ2) is 8.81. The van der Waals surface area contributed by atoms with Crippen molar-refractivity contribution >= 4 is 23.1 Å². The van der Waals surface area contributed by atoms with E-state index in [9.17, 15) is 20.2 Å². The van der Waals surface area contributed by atoms with Crippen LogP contribution < -0.4 is 0 Å². The Morgan fingerprint density at radius 1 is 0.452 bits per heavy atom. The monoisotopic (exact) mass is 428 g/mol. The van der Waals surface area contributed by atoms with Gasteiger partial charge in [0.05, 0.1) is 9.85 Å². The molecule has 0 atom stereocenters. The van der Waals surface area contributed by atoms with Crippen LogP contribution in [0.15, 0.2) is 107 Å². The summed E-state index contributed by atoms with van der Waals surface area (Å²) < 4.78 is 0. The van der Waals surface area contributed by atoms with E-state index in [0.717, 1.165) is 32.0 Å². The van der Waals surface area contributed by atoms with Crippen molar-refractivity contribution < 1.29 is 9.85 Å². The van der Waals surface area contributed by atoms with Gasteiger partial charge in [0, 0.05) is 34.1 Å². The lowest BCUT2D eigenvalue weighted by molar-refractivity contribution is -0.385. The molecule has 0 bridgehead atoms. The maximum Gasteiger partial charge on any atom is 0.269 e.